The molecule has 0 saturated heterocycles. The number of H-pyrrole nitrogens is 1. The van der Waals surface area contributed by atoms with Gasteiger partial charge >= 0.3 is 0 Å². The third kappa shape index (κ3) is 1.42. The van der Waals surface area contributed by atoms with E-state index >= 15 is 0 Å². The Morgan fingerprint density at radius 3 is 3.25 bits per heavy atom. The number of nitrogens with zero attached hydrogens (tertiary/aromatic N) is 4. The average molecular weight is 251 g/mol. The monoisotopic (exact) mass is 251 g/mol. The van der Waals surface area contributed by atoms with E-state index in [1.807, 2.05) is 11.6 Å². The van der Waals surface area contributed by atoms with Crippen LogP contribution in [0.2, 0.25) is 0 Å². The molecule has 0 atom stereocenters. The van der Waals surface area contributed by atoms with Crippen molar-refractivity contribution in [3.63, 3.8) is 0 Å². The number of hydrogen-bond acceptors (Lipinski definition) is 6. The molecule has 0 fully saturated rings. The molecule has 0 aliphatic carbocycles. The second kappa shape index (κ2) is 3.72. The first-order chi connectivity index (χ1) is 7.88. The lowest BCUT2D eigenvalue weighted by atomic mass is 10.5. The van der Waals surface area contributed by atoms with Crippen molar-refractivity contribution in [2.75, 3.05) is 0 Å². The van der Waals surface area contributed by atoms with E-state index in [4.69, 9.17) is 0 Å². The molecule has 3 aromatic heterocycles. The molecule has 0 aliphatic heterocycles. The number of carbonyl (C=O) groups is 1. The van der Waals surface area contributed by atoms with Gasteiger partial charge in [0.2, 0.25) is 0 Å². The number of carbonyl (C=O) groups excluding carboxylic acids is 1. The number of aromatic amines is 1. The molecule has 3 heterocycles. The van der Waals surface area contributed by atoms with E-state index in [0.717, 1.165) is 11.2 Å². The first-order valence-corrected chi connectivity index (χ1v) is 6.02. The molecular formula is C8H5N5OS2. The Balaban J connectivity index is 2.08. The number of nitrogens with one attached hydrogen (secondary N) is 1. The summed E-state index contributed by atoms with van der Waals surface area (Å²) in [7, 11) is 0. The van der Waals surface area contributed by atoms with Gasteiger partial charge in [-0.3, -0.25) is 14.3 Å². The van der Waals surface area contributed by atoms with Gasteiger partial charge in [-0.15, -0.1) is 11.3 Å². The van der Waals surface area contributed by atoms with Gasteiger partial charge in [0.1, 0.15) is 17.0 Å². The summed E-state index contributed by atoms with van der Waals surface area (Å²) in [5.74, 6) is 0. The van der Waals surface area contributed by atoms with E-state index in [9.17, 15) is 4.79 Å². The van der Waals surface area contributed by atoms with E-state index in [1.165, 1.54) is 29.4 Å². The van der Waals surface area contributed by atoms with Crippen molar-refractivity contribution < 1.29 is 4.79 Å². The maximum Gasteiger partial charge on any atom is 0.195 e. The molecule has 3 aromatic rings. The standard InChI is InChI=1S/C8H5N5OS2/c14-3-5-6(16-7-9-4-10-12-7)11-8-13(5)1-2-15-8/h1-4H,(H,9,10,12). The Morgan fingerprint density at radius 1 is 1.56 bits per heavy atom. The average Bonchev–Trinajstić information content (AvgIpc) is 2.93. The van der Waals surface area contributed by atoms with Crippen LogP contribution in [-0.2, 0) is 0 Å². The summed E-state index contributed by atoms with van der Waals surface area (Å²) in [4.78, 5) is 20.1. The quantitative estimate of drug-likeness (QED) is 0.713. The van der Waals surface area contributed by atoms with Crippen molar-refractivity contribution in [2.45, 2.75) is 10.2 Å². The highest BCUT2D eigenvalue weighted by Crippen LogP contribution is 2.28. The Bertz CT molecular complexity index is 626. The molecular weight excluding hydrogens is 246 g/mol. The molecule has 0 saturated carbocycles. The van der Waals surface area contributed by atoms with Gasteiger partial charge in [0, 0.05) is 11.6 Å². The molecule has 0 amide bonds. The SMILES string of the molecule is O=Cc1c(Sc2ncn[nH]2)nc2sccn12. The van der Waals surface area contributed by atoms with Gasteiger partial charge in [0.25, 0.3) is 0 Å². The summed E-state index contributed by atoms with van der Waals surface area (Å²) < 4.78 is 1.76. The van der Waals surface area contributed by atoms with Crippen LogP contribution in [0.3, 0.4) is 0 Å². The van der Waals surface area contributed by atoms with Crippen LogP contribution < -0.4 is 0 Å². The Kier molecular flexibility index (Phi) is 2.22. The van der Waals surface area contributed by atoms with Gasteiger partial charge in [-0.2, -0.15) is 5.10 Å². The fourth-order valence-corrected chi connectivity index (χ4v) is 2.84. The lowest BCUT2D eigenvalue weighted by molar-refractivity contribution is 0.111. The third-order valence-electron chi connectivity index (χ3n) is 1.96. The Morgan fingerprint density at radius 2 is 2.50 bits per heavy atom. The maximum atomic E-state index is 11.0. The van der Waals surface area contributed by atoms with Crippen molar-refractivity contribution in [2.24, 2.45) is 0 Å². The van der Waals surface area contributed by atoms with Crippen LogP contribution in [0, 0.1) is 0 Å². The normalized spacial score (nSPS) is 11.0. The van der Waals surface area contributed by atoms with Crippen molar-refractivity contribution >= 4 is 34.3 Å². The molecule has 16 heavy (non-hydrogen) atoms. The highest BCUT2D eigenvalue weighted by Gasteiger charge is 2.14. The summed E-state index contributed by atoms with van der Waals surface area (Å²) in [5, 5.41) is 9.60. The minimum atomic E-state index is 0.539. The van der Waals surface area contributed by atoms with Crippen LogP contribution >= 0.6 is 23.1 Å². The van der Waals surface area contributed by atoms with Gasteiger partial charge < -0.3 is 0 Å². The van der Waals surface area contributed by atoms with E-state index in [0.29, 0.717) is 15.9 Å². The number of thiazole rings is 1. The van der Waals surface area contributed by atoms with E-state index < -0.39 is 0 Å². The van der Waals surface area contributed by atoms with E-state index in [-0.39, 0.29) is 0 Å². The van der Waals surface area contributed by atoms with Gasteiger partial charge in [-0.1, -0.05) is 0 Å². The van der Waals surface area contributed by atoms with Crippen LogP contribution in [0.1, 0.15) is 10.5 Å². The number of hydrogen-bond donors (Lipinski definition) is 1. The molecule has 80 valence electrons. The topological polar surface area (TPSA) is 75.9 Å². The first kappa shape index (κ1) is 9.55. The van der Waals surface area contributed by atoms with Crippen LogP contribution in [0.5, 0.6) is 0 Å². The summed E-state index contributed by atoms with van der Waals surface area (Å²) in [6.07, 6.45) is 4.04. The number of imidazole rings is 1. The van der Waals surface area contributed by atoms with Gasteiger partial charge in [0.05, 0.1) is 0 Å². The summed E-state index contributed by atoms with van der Waals surface area (Å²) in [5.41, 5.74) is 0.539. The van der Waals surface area contributed by atoms with Gasteiger partial charge in [-0.25, -0.2) is 9.97 Å². The van der Waals surface area contributed by atoms with E-state index in [1.54, 1.807) is 4.40 Å². The molecule has 6 nitrogen and oxygen atoms in total. The highest BCUT2D eigenvalue weighted by atomic mass is 32.2. The van der Waals surface area contributed by atoms with Gasteiger partial charge in [0.15, 0.2) is 16.4 Å². The number of fused-ring (bicyclic) bond motifs is 1. The molecule has 8 heteroatoms. The second-order valence-electron chi connectivity index (χ2n) is 2.87. The van der Waals surface area contributed by atoms with Gasteiger partial charge in [-0.05, 0) is 11.8 Å². The van der Waals surface area contributed by atoms with Crippen LogP contribution in [0.15, 0.2) is 28.1 Å². The van der Waals surface area contributed by atoms with Crippen molar-refractivity contribution in [1.29, 1.82) is 0 Å². The Labute approximate surface area is 97.7 Å². The minimum Gasteiger partial charge on any atom is -0.296 e. The molecule has 0 aliphatic rings. The molecule has 0 radical (unpaired) electrons. The molecule has 3 rings (SSSR count). The number of aromatic nitrogens is 5. The molecule has 0 aromatic carbocycles. The third-order valence-corrected chi connectivity index (χ3v) is 3.60. The van der Waals surface area contributed by atoms with Crippen molar-refractivity contribution in [3.05, 3.63) is 23.6 Å². The first-order valence-electron chi connectivity index (χ1n) is 4.32. The lowest BCUT2D eigenvalue weighted by Crippen LogP contribution is -1.88. The van der Waals surface area contributed by atoms with Crippen LogP contribution in [0.4, 0.5) is 0 Å². The minimum absolute atomic E-state index is 0.539. The largest absolute Gasteiger partial charge is 0.296 e. The van der Waals surface area contributed by atoms with Crippen LogP contribution in [-0.4, -0.2) is 30.9 Å². The zero-order valence-corrected chi connectivity index (χ0v) is 9.46. The molecule has 0 unspecified atom stereocenters. The zero-order chi connectivity index (χ0) is 11.0. The lowest BCUT2D eigenvalue weighted by Gasteiger charge is -1.92. The predicted octanol–water partition coefficient (Wildman–Crippen LogP) is 1.48. The molecule has 1 N–H and O–H groups in total. The molecule has 0 bridgehead atoms. The maximum absolute atomic E-state index is 11.0. The summed E-state index contributed by atoms with van der Waals surface area (Å²) in [6.45, 7) is 0. The van der Waals surface area contributed by atoms with Crippen molar-refractivity contribution in [1.82, 2.24) is 24.6 Å². The Hall–Kier alpha value is -1.67. The fourth-order valence-electron chi connectivity index (χ4n) is 1.30. The highest BCUT2D eigenvalue weighted by molar-refractivity contribution is 7.99. The predicted molar refractivity (Wildman–Crippen MR) is 59.0 cm³/mol. The molecule has 0 spiro atoms. The summed E-state index contributed by atoms with van der Waals surface area (Å²) >= 11 is 2.77. The zero-order valence-electron chi connectivity index (χ0n) is 7.82. The summed E-state index contributed by atoms with van der Waals surface area (Å²) in [6, 6.07) is 0. The number of rotatable bonds is 3. The van der Waals surface area contributed by atoms with E-state index in [2.05, 4.69) is 20.2 Å². The van der Waals surface area contributed by atoms with Crippen molar-refractivity contribution in [3.8, 4) is 0 Å². The smallest absolute Gasteiger partial charge is 0.195 e. The number of aldehydes is 1. The second-order valence-corrected chi connectivity index (χ2v) is 4.72. The fraction of sp³-hybridized carbons (Fsp3) is 0. The van der Waals surface area contributed by atoms with Crippen LogP contribution in [0.25, 0.3) is 4.96 Å².